The molecular weight excluding hydrogens is 200 g/mol. The van der Waals surface area contributed by atoms with Gasteiger partial charge in [-0.05, 0) is 30.9 Å². The first-order valence-electron chi connectivity index (χ1n) is 6.10. The van der Waals surface area contributed by atoms with Crippen LogP contribution in [0.5, 0.6) is 0 Å². The number of nitrogens with zero attached hydrogens (tertiary/aromatic N) is 1. The molecule has 1 saturated carbocycles. The van der Waals surface area contributed by atoms with Crippen molar-refractivity contribution in [1.29, 1.82) is 0 Å². The standard InChI is InChI=1S/C13H20N2O/c1-14-13-8-4-7-12(15-13)10-16-9-11-5-2-3-6-11/h4,7-8,11H,2-3,5-6,9-10H2,1H3,(H,14,15). The van der Waals surface area contributed by atoms with Crippen molar-refractivity contribution in [1.82, 2.24) is 4.98 Å². The Morgan fingerprint density at radius 3 is 2.94 bits per heavy atom. The lowest BCUT2D eigenvalue weighted by Crippen LogP contribution is -2.06. The highest BCUT2D eigenvalue weighted by Gasteiger charge is 2.14. The summed E-state index contributed by atoms with van der Waals surface area (Å²) in [7, 11) is 1.88. The van der Waals surface area contributed by atoms with E-state index in [1.54, 1.807) is 0 Å². The van der Waals surface area contributed by atoms with Gasteiger partial charge in [0.15, 0.2) is 0 Å². The lowest BCUT2D eigenvalue weighted by Gasteiger charge is -2.09. The lowest BCUT2D eigenvalue weighted by molar-refractivity contribution is 0.0868. The SMILES string of the molecule is CNc1cccc(COCC2CCCC2)n1. The Hall–Kier alpha value is -1.09. The smallest absolute Gasteiger partial charge is 0.126 e. The third-order valence-electron chi connectivity index (χ3n) is 3.14. The highest BCUT2D eigenvalue weighted by atomic mass is 16.5. The Bertz CT molecular complexity index is 321. The molecule has 1 aliphatic rings. The van der Waals surface area contributed by atoms with Gasteiger partial charge in [0.2, 0.25) is 0 Å². The van der Waals surface area contributed by atoms with E-state index in [0.717, 1.165) is 24.0 Å². The molecule has 16 heavy (non-hydrogen) atoms. The fourth-order valence-corrected chi connectivity index (χ4v) is 2.21. The summed E-state index contributed by atoms with van der Waals surface area (Å²) in [5.41, 5.74) is 1.00. The zero-order valence-electron chi connectivity index (χ0n) is 9.91. The fraction of sp³-hybridized carbons (Fsp3) is 0.615. The number of anilines is 1. The van der Waals surface area contributed by atoms with Crippen LogP contribution in [-0.2, 0) is 11.3 Å². The second kappa shape index (κ2) is 5.85. The molecule has 1 heterocycles. The Labute approximate surface area is 97.2 Å². The Balaban J connectivity index is 1.75. The molecule has 0 saturated heterocycles. The summed E-state index contributed by atoms with van der Waals surface area (Å²) in [6.07, 6.45) is 5.43. The molecule has 1 aromatic heterocycles. The summed E-state index contributed by atoms with van der Waals surface area (Å²) in [5.74, 6) is 1.69. The minimum absolute atomic E-state index is 0.631. The molecule has 1 N–H and O–H groups in total. The quantitative estimate of drug-likeness (QED) is 0.828. The first-order chi connectivity index (χ1) is 7.88. The van der Waals surface area contributed by atoms with Crippen LogP contribution in [0, 0.1) is 5.92 Å². The van der Waals surface area contributed by atoms with Gasteiger partial charge in [-0.15, -0.1) is 0 Å². The molecule has 0 radical (unpaired) electrons. The van der Waals surface area contributed by atoms with Gasteiger partial charge < -0.3 is 10.1 Å². The second-order valence-electron chi connectivity index (χ2n) is 4.43. The summed E-state index contributed by atoms with van der Waals surface area (Å²) >= 11 is 0. The molecule has 88 valence electrons. The van der Waals surface area contributed by atoms with Crippen molar-refractivity contribution in [3.8, 4) is 0 Å². The topological polar surface area (TPSA) is 34.1 Å². The van der Waals surface area contributed by atoms with Gasteiger partial charge in [0.25, 0.3) is 0 Å². The molecule has 0 amide bonds. The van der Waals surface area contributed by atoms with Gasteiger partial charge in [-0.2, -0.15) is 0 Å². The maximum atomic E-state index is 5.71. The highest BCUT2D eigenvalue weighted by molar-refractivity contribution is 5.33. The van der Waals surface area contributed by atoms with Gasteiger partial charge in [0.05, 0.1) is 12.3 Å². The Morgan fingerprint density at radius 2 is 2.19 bits per heavy atom. The van der Waals surface area contributed by atoms with E-state index in [1.165, 1.54) is 25.7 Å². The monoisotopic (exact) mass is 220 g/mol. The molecule has 1 aromatic rings. The average Bonchev–Trinajstić information content (AvgIpc) is 2.82. The first-order valence-corrected chi connectivity index (χ1v) is 6.10. The minimum Gasteiger partial charge on any atom is -0.375 e. The largest absolute Gasteiger partial charge is 0.375 e. The summed E-state index contributed by atoms with van der Waals surface area (Å²) in [6.45, 7) is 1.53. The maximum Gasteiger partial charge on any atom is 0.126 e. The lowest BCUT2D eigenvalue weighted by atomic mass is 10.1. The van der Waals surface area contributed by atoms with Crippen LogP contribution in [0.25, 0.3) is 0 Å². The highest BCUT2D eigenvalue weighted by Crippen LogP contribution is 2.24. The minimum atomic E-state index is 0.631. The van der Waals surface area contributed by atoms with Crippen LogP contribution in [-0.4, -0.2) is 18.6 Å². The number of aromatic nitrogens is 1. The molecule has 0 unspecified atom stereocenters. The summed E-state index contributed by atoms with van der Waals surface area (Å²) in [5, 5.41) is 3.03. The molecule has 2 rings (SSSR count). The van der Waals surface area contributed by atoms with E-state index in [-0.39, 0.29) is 0 Å². The number of rotatable bonds is 5. The van der Waals surface area contributed by atoms with Crippen molar-refractivity contribution in [2.24, 2.45) is 5.92 Å². The zero-order valence-corrected chi connectivity index (χ0v) is 9.91. The molecule has 3 heteroatoms. The van der Waals surface area contributed by atoms with Gasteiger partial charge in [-0.25, -0.2) is 4.98 Å². The predicted octanol–water partition coefficient (Wildman–Crippen LogP) is 2.83. The maximum absolute atomic E-state index is 5.71. The van der Waals surface area contributed by atoms with Crippen LogP contribution in [0.1, 0.15) is 31.4 Å². The van der Waals surface area contributed by atoms with E-state index in [2.05, 4.69) is 10.3 Å². The fourth-order valence-electron chi connectivity index (χ4n) is 2.21. The Morgan fingerprint density at radius 1 is 1.38 bits per heavy atom. The Kier molecular flexibility index (Phi) is 4.17. The molecule has 3 nitrogen and oxygen atoms in total. The van der Waals surface area contributed by atoms with E-state index in [9.17, 15) is 0 Å². The molecule has 0 aromatic carbocycles. The summed E-state index contributed by atoms with van der Waals surface area (Å²) in [4.78, 5) is 4.42. The molecular formula is C13H20N2O. The number of nitrogens with one attached hydrogen (secondary N) is 1. The zero-order chi connectivity index (χ0) is 11.2. The van der Waals surface area contributed by atoms with Crippen LogP contribution < -0.4 is 5.32 Å². The van der Waals surface area contributed by atoms with Gasteiger partial charge >= 0.3 is 0 Å². The van der Waals surface area contributed by atoms with Crippen molar-refractivity contribution < 1.29 is 4.74 Å². The second-order valence-corrected chi connectivity index (χ2v) is 4.43. The summed E-state index contributed by atoms with van der Waals surface area (Å²) in [6, 6.07) is 5.98. The molecule has 0 bridgehead atoms. The average molecular weight is 220 g/mol. The van der Waals surface area contributed by atoms with E-state index in [0.29, 0.717) is 6.61 Å². The van der Waals surface area contributed by atoms with Gasteiger partial charge in [0.1, 0.15) is 5.82 Å². The van der Waals surface area contributed by atoms with E-state index in [4.69, 9.17) is 4.74 Å². The normalized spacial score (nSPS) is 16.6. The molecule has 1 fully saturated rings. The third-order valence-corrected chi connectivity index (χ3v) is 3.14. The summed E-state index contributed by atoms with van der Waals surface area (Å²) < 4.78 is 5.71. The van der Waals surface area contributed by atoms with Crippen LogP contribution in [0.2, 0.25) is 0 Å². The van der Waals surface area contributed by atoms with Crippen molar-refractivity contribution in [2.45, 2.75) is 32.3 Å². The van der Waals surface area contributed by atoms with Gasteiger partial charge in [-0.1, -0.05) is 18.9 Å². The first kappa shape index (κ1) is 11.4. The van der Waals surface area contributed by atoms with Crippen LogP contribution in [0.4, 0.5) is 5.82 Å². The van der Waals surface area contributed by atoms with Gasteiger partial charge in [0, 0.05) is 13.7 Å². The van der Waals surface area contributed by atoms with Crippen LogP contribution in [0.3, 0.4) is 0 Å². The van der Waals surface area contributed by atoms with Crippen LogP contribution >= 0.6 is 0 Å². The number of hydrogen-bond donors (Lipinski definition) is 1. The number of ether oxygens (including phenoxy) is 1. The molecule has 0 aliphatic heterocycles. The van der Waals surface area contributed by atoms with Crippen molar-refractivity contribution in [2.75, 3.05) is 19.0 Å². The molecule has 0 spiro atoms. The van der Waals surface area contributed by atoms with E-state index >= 15 is 0 Å². The number of hydrogen-bond acceptors (Lipinski definition) is 3. The molecule has 1 aliphatic carbocycles. The van der Waals surface area contributed by atoms with Crippen LogP contribution in [0.15, 0.2) is 18.2 Å². The van der Waals surface area contributed by atoms with Gasteiger partial charge in [-0.3, -0.25) is 0 Å². The van der Waals surface area contributed by atoms with E-state index in [1.807, 2.05) is 25.2 Å². The van der Waals surface area contributed by atoms with Crippen molar-refractivity contribution >= 4 is 5.82 Å². The van der Waals surface area contributed by atoms with Crippen molar-refractivity contribution in [3.63, 3.8) is 0 Å². The van der Waals surface area contributed by atoms with Crippen molar-refractivity contribution in [3.05, 3.63) is 23.9 Å². The predicted molar refractivity (Wildman–Crippen MR) is 65.4 cm³/mol. The third kappa shape index (κ3) is 3.20. The molecule has 0 atom stereocenters. The van der Waals surface area contributed by atoms with E-state index < -0.39 is 0 Å². The number of pyridine rings is 1.